The lowest BCUT2D eigenvalue weighted by atomic mass is 10.1. The van der Waals surface area contributed by atoms with E-state index in [4.69, 9.17) is 9.88 Å². The van der Waals surface area contributed by atoms with Crippen molar-refractivity contribution in [2.45, 2.75) is 17.5 Å². The Morgan fingerprint density at radius 3 is 2.34 bits per heavy atom. The Morgan fingerprint density at radius 2 is 1.75 bits per heavy atom. The Morgan fingerprint density at radius 1 is 1.09 bits per heavy atom. The average Bonchev–Trinajstić information content (AvgIpc) is 2.73. The maximum Gasteiger partial charge on any atom is 0.416 e. The summed E-state index contributed by atoms with van der Waals surface area (Å²) in [5, 5.41) is 10.2. The molecule has 0 unspecified atom stereocenters. The smallest absolute Gasteiger partial charge is 0.378 e. The van der Waals surface area contributed by atoms with Gasteiger partial charge < -0.3 is 20.3 Å². The number of urea groups is 1. The van der Waals surface area contributed by atoms with Gasteiger partial charge in [0.25, 0.3) is 0 Å². The fourth-order valence-electron chi connectivity index (χ4n) is 3.23. The van der Waals surface area contributed by atoms with Crippen molar-refractivity contribution in [1.82, 2.24) is 5.32 Å². The van der Waals surface area contributed by atoms with Gasteiger partial charge in [-0.3, -0.25) is 0 Å². The summed E-state index contributed by atoms with van der Waals surface area (Å²) in [5.41, 5.74) is 0.428. The molecule has 3 rings (SSSR count). The first-order chi connectivity index (χ1) is 15.0. The van der Waals surface area contributed by atoms with Crippen molar-refractivity contribution < 1.29 is 31.1 Å². The molecule has 2 aromatic carbocycles. The number of nitrogens with two attached hydrogens (primary N) is 1. The van der Waals surface area contributed by atoms with Gasteiger partial charge in [0.2, 0.25) is 10.0 Å². The van der Waals surface area contributed by atoms with E-state index in [1.807, 2.05) is 4.90 Å². The minimum atomic E-state index is -4.54. The van der Waals surface area contributed by atoms with Gasteiger partial charge in [0, 0.05) is 19.6 Å². The van der Waals surface area contributed by atoms with E-state index in [-0.39, 0.29) is 17.1 Å². The molecule has 1 fully saturated rings. The fraction of sp³-hybridized carbons (Fsp3) is 0.350. The summed E-state index contributed by atoms with van der Waals surface area (Å²) in [6.07, 6.45) is -4.16. The summed E-state index contributed by atoms with van der Waals surface area (Å²) in [7, 11) is -3.79. The Hall–Kier alpha value is -2.83. The Kier molecular flexibility index (Phi) is 7.26. The molecule has 174 valence electrons. The van der Waals surface area contributed by atoms with Crippen LogP contribution in [0.3, 0.4) is 0 Å². The van der Waals surface area contributed by atoms with Gasteiger partial charge in [-0.25, -0.2) is 18.4 Å². The molecule has 32 heavy (non-hydrogen) atoms. The number of ether oxygens (including phenoxy) is 1. The first-order valence-corrected chi connectivity index (χ1v) is 11.3. The first-order valence-electron chi connectivity index (χ1n) is 9.74. The van der Waals surface area contributed by atoms with E-state index in [0.29, 0.717) is 38.4 Å². The lowest BCUT2D eigenvalue weighted by Crippen LogP contribution is -2.37. The monoisotopic (exact) mass is 472 g/mol. The predicted octanol–water partition coefficient (Wildman–Crippen LogP) is 2.55. The maximum absolute atomic E-state index is 13.2. The van der Waals surface area contributed by atoms with Crippen molar-refractivity contribution >= 4 is 27.4 Å². The van der Waals surface area contributed by atoms with Crippen molar-refractivity contribution in [3.63, 3.8) is 0 Å². The number of primary sulfonamides is 1. The van der Waals surface area contributed by atoms with Crippen molar-refractivity contribution in [3.8, 4) is 0 Å². The molecule has 2 aromatic rings. The quantitative estimate of drug-likeness (QED) is 0.598. The zero-order valence-electron chi connectivity index (χ0n) is 17.0. The number of rotatable bonds is 6. The molecular weight excluding hydrogens is 449 g/mol. The highest BCUT2D eigenvalue weighted by Crippen LogP contribution is 2.35. The number of halogens is 3. The first kappa shape index (κ1) is 23.8. The van der Waals surface area contributed by atoms with E-state index in [1.165, 1.54) is 18.2 Å². The second-order valence-corrected chi connectivity index (χ2v) is 8.71. The molecule has 1 saturated heterocycles. The second kappa shape index (κ2) is 9.76. The van der Waals surface area contributed by atoms with Crippen LogP contribution in [0.15, 0.2) is 47.4 Å². The van der Waals surface area contributed by atoms with Crippen LogP contribution in [0.5, 0.6) is 0 Å². The Bertz CT molecular complexity index is 1050. The second-order valence-electron chi connectivity index (χ2n) is 7.15. The van der Waals surface area contributed by atoms with E-state index in [9.17, 15) is 26.4 Å². The molecule has 1 heterocycles. The zero-order valence-corrected chi connectivity index (χ0v) is 17.8. The number of amides is 2. The summed E-state index contributed by atoms with van der Waals surface area (Å²) >= 11 is 0. The summed E-state index contributed by atoms with van der Waals surface area (Å²) in [6.45, 7) is 2.06. The third kappa shape index (κ3) is 6.34. The van der Waals surface area contributed by atoms with Gasteiger partial charge in [0.1, 0.15) is 0 Å². The largest absolute Gasteiger partial charge is 0.416 e. The van der Waals surface area contributed by atoms with Gasteiger partial charge >= 0.3 is 12.2 Å². The van der Waals surface area contributed by atoms with Crippen LogP contribution in [0, 0.1) is 0 Å². The summed E-state index contributed by atoms with van der Waals surface area (Å²) in [4.78, 5) is 14.2. The minimum Gasteiger partial charge on any atom is -0.378 e. The van der Waals surface area contributed by atoms with Crippen molar-refractivity contribution in [2.24, 2.45) is 5.14 Å². The van der Waals surface area contributed by atoms with Gasteiger partial charge in [-0.05, 0) is 42.3 Å². The Balaban J connectivity index is 1.65. The van der Waals surface area contributed by atoms with Gasteiger partial charge in [-0.15, -0.1) is 0 Å². The molecule has 0 aliphatic carbocycles. The van der Waals surface area contributed by atoms with Gasteiger partial charge in [-0.2, -0.15) is 13.2 Å². The number of alkyl halides is 3. The molecule has 0 radical (unpaired) electrons. The predicted molar refractivity (Wildman–Crippen MR) is 113 cm³/mol. The van der Waals surface area contributed by atoms with Crippen LogP contribution in [-0.4, -0.2) is 47.3 Å². The molecule has 8 nitrogen and oxygen atoms in total. The third-order valence-electron chi connectivity index (χ3n) is 4.87. The fourth-order valence-corrected chi connectivity index (χ4v) is 3.74. The number of nitrogens with zero attached hydrogens (tertiary/aromatic N) is 1. The topological polar surface area (TPSA) is 114 Å². The van der Waals surface area contributed by atoms with E-state index >= 15 is 0 Å². The van der Waals surface area contributed by atoms with Crippen LogP contribution in [0.4, 0.5) is 29.3 Å². The summed E-state index contributed by atoms with van der Waals surface area (Å²) in [6, 6.07) is 8.46. The third-order valence-corrected chi connectivity index (χ3v) is 5.80. The van der Waals surface area contributed by atoms with Crippen LogP contribution >= 0.6 is 0 Å². The van der Waals surface area contributed by atoms with Crippen LogP contribution in [-0.2, 0) is 27.4 Å². The van der Waals surface area contributed by atoms with E-state index < -0.39 is 27.8 Å². The number of carbonyl (C=O) groups excluding carboxylic acids is 1. The number of hydrogen-bond donors (Lipinski definition) is 3. The molecule has 1 aliphatic heterocycles. The van der Waals surface area contributed by atoms with E-state index in [0.717, 1.165) is 17.7 Å². The molecule has 0 bridgehead atoms. The van der Waals surface area contributed by atoms with Crippen LogP contribution in [0.2, 0.25) is 0 Å². The number of morpholine rings is 1. The highest BCUT2D eigenvalue weighted by Gasteiger charge is 2.32. The number of sulfonamides is 1. The van der Waals surface area contributed by atoms with E-state index in [1.54, 1.807) is 12.1 Å². The molecule has 2 amide bonds. The summed E-state index contributed by atoms with van der Waals surface area (Å²) < 4.78 is 67.3. The molecule has 4 N–H and O–H groups in total. The number of hydrogen-bond acceptors (Lipinski definition) is 5. The molecule has 0 spiro atoms. The van der Waals surface area contributed by atoms with Crippen molar-refractivity contribution in [2.75, 3.05) is 43.1 Å². The van der Waals surface area contributed by atoms with Crippen LogP contribution < -0.4 is 20.7 Å². The average molecular weight is 472 g/mol. The number of carbonyl (C=O) groups is 1. The van der Waals surface area contributed by atoms with Crippen LogP contribution in [0.1, 0.15) is 11.1 Å². The number of benzene rings is 2. The van der Waals surface area contributed by atoms with Gasteiger partial charge in [0.15, 0.2) is 0 Å². The lowest BCUT2D eigenvalue weighted by molar-refractivity contribution is -0.137. The molecular formula is C20H23F3N4O4S. The maximum atomic E-state index is 13.2. The SMILES string of the molecule is NS(=O)(=O)c1ccc(CCNC(=O)Nc2cc(C(F)(F)F)ccc2N2CCOCC2)cc1. The van der Waals surface area contributed by atoms with Crippen LogP contribution in [0.25, 0.3) is 0 Å². The number of nitrogens with one attached hydrogen (secondary N) is 2. The molecule has 12 heteroatoms. The summed E-state index contributed by atoms with van der Waals surface area (Å²) in [5.74, 6) is 0. The van der Waals surface area contributed by atoms with Crippen molar-refractivity contribution in [1.29, 1.82) is 0 Å². The number of anilines is 2. The Labute approximate surface area is 183 Å². The van der Waals surface area contributed by atoms with Gasteiger partial charge in [-0.1, -0.05) is 12.1 Å². The van der Waals surface area contributed by atoms with Crippen molar-refractivity contribution in [3.05, 3.63) is 53.6 Å². The highest BCUT2D eigenvalue weighted by molar-refractivity contribution is 7.89. The minimum absolute atomic E-state index is 0.0212. The zero-order chi connectivity index (χ0) is 23.4. The molecule has 0 atom stereocenters. The van der Waals surface area contributed by atoms with Gasteiger partial charge in [0.05, 0.1) is 35.0 Å². The molecule has 0 aromatic heterocycles. The normalized spacial score (nSPS) is 14.8. The highest BCUT2D eigenvalue weighted by atomic mass is 32.2. The lowest BCUT2D eigenvalue weighted by Gasteiger charge is -2.31. The molecule has 0 saturated carbocycles. The molecule has 1 aliphatic rings. The standard InChI is InChI=1S/C20H23F3N4O4S/c21-20(22,23)15-3-6-18(27-9-11-31-12-10-27)17(13-15)26-19(28)25-8-7-14-1-4-16(5-2-14)32(24,29)30/h1-6,13H,7-12H2,(H2,24,29,30)(H2,25,26,28). The van der Waals surface area contributed by atoms with E-state index in [2.05, 4.69) is 10.6 Å².